The van der Waals surface area contributed by atoms with Crippen LogP contribution in [0, 0.1) is 0 Å². The number of piperidine rings is 1. The number of amides is 1. The molecule has 1 saturated heterocycles. The summed E-state index contributed by atoms with van der Waals surface area (Å²) in [7, 11) is 1.20. The Kier molecular flexibility index (Phi) is 10.5. The van der Waals surface area contributed by atoms with Crippen molar-refractivity contribution in [2.45, 2.75) is 77.4 Å². The van der Waals surface area contributed by atoms with Crippen LogP contribution in [0.3, 0.4) is 0 Å². The lowest BCUT2D eigenvalue weighted by molar-refractivity contribution is -0.189. The van der Waals surface area contributed by atoms with E-state index >= 15 is 0 Å². The van der Waals surface area contributed by atoms with Gasteiger partial charge in [-0.1, -0.05) is 6.42 Å². The summed E-state index contributed by atoms with van der Waals surface area (Å²) in [5.41, 5.74) is 0. The van der Waals surface area contributed by atoms with E-state index in [2.05, 4.69) is 10.2 Å². The maximum atomic E-state index is 12.5. The van der Waals surface area contributed by atoms with Crippen molar-refractivity contribution in [2.24, 2.45) is 0 Å². The van der Waals surface area contributed by atoms with Crippen LogP contribution in [-0.2, 0) is 47.7 Å². The average Bonchev–Trinajstić information content (AvgIpc) is 2.79. The second-order valence-electron chi connectivity index (χ2n) is 8.44. The summed E-state index contributed by atoms with van der Waals surface area (Å²) in [6.45, 7) is 5.77. The second-order valence-corrected chi connectivity index (χ2v) is 8.44. The molecule has 12 nitrogen and oxygen atoms in total. The van der Waals surface area contributed by atoms with Gasteiger partial charge in [0.25, 0.3) is 0 Å². The Morgan fingerprint density at radius 1 is 1.00 bits per heavy atom. The molecule has 2 rings (SSSR count). The van der Waals surface area contributed by atoms with E-state index < -0.39 is 60.9 Å². The SMILES string of the molecule is COC(=O)C1=C[C@@H](N2CCCCC2)[C@@H](NC(C)=O)[C@@H]([C@@H](OC(C)=O)[C@@H](COC(C)=O)OC(C)=O)O1. The molecule has 0 aromatic rings. The fourth-order valence-corrected chi connectivity index (χ4v) is 4.31. The minimum Gasteiger partial charge on any atom is -0.477 e. The van der Waals surface area contributed by atoms with E-state index in [1.165, 1.54) is 21.0 Å². The molecule has 0 aliphatic carbocycles. The van der Waals surface area contributed by atoms with Gasteiger partial charge in [-0.2, -0.15) is 0 Å². The molecule has 12 heteroatoms. The molecule has 0 unspecified atom stereocenters. The number of nitrogens with one attached hydrogen (secondary N) is 1. The third kappa shape index (κ3) is 8.23. The van der Waals surface area contributed by atoms with Gasteiger partial charge in [0.2, 0.25) is 11.7 Å². The van der Waals surface area contributed by atoms with Gasteiger partial charge < -0.3 is 29.0 Å². The molecule has 0 bridgehead atoms. The van der Waals surface area contributed by atoms with Crippen LogP contribution in [0.5, 0.6) is 0 Å². The van der Waals surface area contributed by atoms with Crippen LogP contribution in [0.1, 0.15) is 47.0 Å². The Morgan fingerprint density at radius 2 is 1.63 bits per heavy atom. The van der Waals surface area contributed by atoms with Gasteiger partial charge in [0.05, 0.1) is 19.2 Å². The maximum Gasteiger partial charge on any atom is 0.373 e. The Labute approximate surface area is 204 Å². The molecule has 35 heavy (non-hydrogen) atoms. The lowest BCUT2D eigenvalue weighted by Gasteiger charge is -2.46. The third-order valence-corrected chi connectivity index (χ3v) is 5.64. The first-order valence-electron chi connectivity index (χ1n) is 11.5. The highest BCUT2D eigenvalue weighted by atomic mass is 16.6. The zero-order valence-electron chi connectivity index (χ0n) is 20.7. The molecule has 2 aliphatic heterocycles. The van der Waals surface area contributed by atoms with E-state index in [4.69, 9.17) is 23.7 Å². The summed E-state index contributed by atoms with van der Waals surface area (Å²) in [5.74, 6) is -3.38. The van der Waals surface area contributed by atoms with Crippen molar-refractivity contribution >= 4 is 29.8 Å². The highest BCUT2D eigenvalue weighted by molar-refractivity contribution is 5.86. The highest BCUT2D eigenvalue weighted by Gasteiger charge is 2.49. The van der Waals surface area contributed by atoms with Crippen molar-refractivity contribution in [3.8, 4) is 0 Å². The Bertz CT molecular complexity index is 836. The second kappa shape index (κ2) is 13.1. The molecule has 1 amide bonds. The fourth-order valence-electron chi connectivity index (χ4n) is 4.31. The maximum absolute atomic E-state index is 12.5. The highest BCUT2D eigenvalue weighted by Crippen LogP contribution is 2.30. The van der Waals surface area contributed by atoms with Crippen LogP contribution >= 0.6 is 0 Å². The molecule has 0 radical (unpaired) electrons. The number of hydrogen-bond acceptors (Lipinski definition) is 11. The van der Waals surface area contributed by atoms with Gasteiger partial charge >= 0.3 is 23.9 Å². The summed E-state index contributed by atoms with van der Waals surface area (Å²) in [6, 6.07) is -1.32. The lowest BCUT2D eigenvalue weighted by atomic mass is 9.89. The van der Waals surface area contributed by atoms with E-state index in [1.54, 1.807) is 6.08 Å². The third-order valence-electron chi connectivity index (χ3n) is 5.64. The zero-order chi connectivity index (χ0) is 26.1. The van der Waals surface area contributed by atoms with Gasteiger partial charge in [0.15, 0.2) is 18.3 Å². The van der Waals surface area contributed by atoms with E-state index in [9.17, 15) is 24.0 Å². The van der Waals surface area contributed by atoms with Gasteiger partial charge in [-0.05, 0) is 32.0 Å². The first-order valence-corrected chi connectivity index (χ1v) is 11.5. The molecular weight excluding hydrogens is 464 g/mol. The minimum absolute atomic E-state index is 0.138. The number of carbonyl (C=O) groups is 5. The standard InChI is InChI=1S/C23H34N2O10/c1-13(26)24-20-17(25-9-7-6-8-10-25)11-18(23(30)31-5)35-22(20)21(34-16(4)29)19(33-15(3)28)12-32-14(2)27/h11,17,19-22H,6-10,12H2,1-5H3,(H,24,26)/t17-,19-,20-,21+,22+/m1/s1. The van der Waals surface area contributed by atoms with Gasteiger partial charge in [0.1, 0.15) is 6.61 Å². The first-order chi connectivity index (χ1) is 16.5. The average molecular weight is 499 g/mol. The summed E-state index contributed by atoms with van der Waals surface area (Å²) in [6.07, 6.45) is 0.668. The van der Waals surface area contributed by atoms with Crippen molar-refractivity contribution in [1.29, 1.82) is 0 Å². The van der Waals surface area contributed by atoms with Gasteiger partial charge in [0, 0.05) is 27.7 Å². The van der Waals surface area contributed by atoms with Gasteiger partial charge in [-0.15, -0.1) is 0 Å². The van der Waals surface area contributed by atoms with Crippen LogP contribution in [-0.4, -0.2) is 91.9 Å². The zero-order valence-corrected chi connectivity index (χ0v) is 20.7. The van der Waals surface area contributed by atoms with Crippen LogP contribution < -0.4 is 5.32 Å². The Morgan fingerprint density at radius 3 is 2.14 bits per heavy atom. The van der Waals surface area contributed by atoms with Crippen LogP contribution in [0.15, 0.2) is 11.8 Å². The number of hydrogen-bond donors (Lipinski definition) is 1. The minimum atomic E-state index is -1.34. The Balaban J connectivity index is 2.58. The topological polar surface area (TPSA) is 147 Å². The van der Waals surface area contributed by atoms with Crippen molar-refractivity contribution in [1.82, 2.24) is 10.2 Å². The summed E-state index contributed by atoms with van der Waals surface area (Å²) < 4.78 is 26.7. The van der Waals surface area contributed by atoms with E-state index in [-0.39, 0.29) is 11.7 Å². The number of esters is 4. The van der Waals surface area contributed by atoms with Crippen molar-refractivity contribution in [3.05, 3.63) is 11.8 Å². The predicted octanol–water partition coefficient (Wildman–Crippen LogP) is 0.228. The molecule has 0 aromatic heterocycles. The quantitative estimate of drug-likeness (QED) is 0.344. The normalized spacial score (nSPS) is 24.0. The number of likely N-dealkylation sites (tertiary alicyclic amines) is 1. The molecule has 0 spiro atoms. The summed E-state index contributed by atoms with van der Waals surface area (Å²) in [5, 5.41) is 2.84. The number of carbonyl (C=O) groups excluding carboxylic acids is 5. The van der Waals surface area contributed by atoms with Crippen molar-refractivity contribution < 1.29 is 47.7 Å². The lowest BCUT2D eigenvalue weighted by Crippen LogP contribution is -2.65. The van der Waals surface area contributed by atoms with Crippen molar-refractivity contribution in [2.75, 3.05) is 26.8 Å². The van der Waals surface area contributed by atoms with Crippen molar-refractivity contribution in [3.63, 3.8) is 0 Å². The molecule has 2 heterocycles. The van der Waals surface area contributed by atoms with Crippen LogP contribution in [0.25, 0.3) is 0 Å². The Hall–Kier alpha value is -3.15. The van der Waals surface area contributed by atoms with Crippen LogP contribution in [0.4, 0.5) is 0 Å². The van der Waals surface area contributed by atoms with E-state index in [0.717, 1.165) is 33.1 Å². The van der Waals surface area contributed by atoms with Gasteiger partial charge in [-0.3, -0.25) is 24.1 Å². The van der Waals surface area contributed by atoms with Crippen LogP contribution in [0.2, 0.25) is 0 Å². The molecule has 0 aromatic carbocycles. The predicted molar refractivity (Wildman–Crippen MR) is 120 cm³/mol. The summed E-state index contributed by atoms with van der Waals surface area (Å²) >= 11 is 0. The number of rotatable bonds is 9. The first kappa shape index (κ1) is 28.1. The summed E-state index contributed by atoms with van der Waals surface area (Å²) in [4.78, 5) is 62.2. The smallest absolute Gasteiger partial charge is 0.373 e. The van der Waals surface area contributed by atoms with E-state index in [1.807, 2.05) is 0 Å². The molecular formula is C23H34N2O10. The number of ether oxygens (including phenoxy) is 5. The monoisotopic (exact) mass is 498 g/mol. The molecule has 1 N–H and O–H groups in total. The molecule has 2 aliphatic rings. The molecule has 0 saturated carbocycles. The molecule has 5 atom stereocenters. The molecule has 196 valence electrons. The fraction of sp³-hybridized carbons (Fsp3) is 0.696. The number of nitrogens with zero attached hydrogens (tertiary/aromatic N) is 1. The number of methoxy groups -OCH3 is 1. The largest absolute Gasteiger partial charge is 0.477 e. The van der Waals surface area contributed by atoms with E-state index in [0.29, 0.717) is 13.1 Å². The molecule has 1 fully saturated rings. The van der Waals surface area contributed by atoms with Gasteiger partial charge in [-0.25, -0.2) is 4.79 Å².